The summed E-state index contributed by atoms with van der Waals surface area (Å²) in [6, 6.07) is 0. The zero-order valence-corrected chi connectivity index (χ0v) is 49.9. The van der Waals surface area contributed by atoms with Crippen molar-refractivity contribution in [2.24, 2.45) is 0 Å². The predicted octanol–water partition coefficient (Wildman–Crippen LogP) is 22.4. The van der Waals surface area contributed by atoms with Crippen LogP contribution in [-0.4, -0.2) is 37.2 Å². The van der Waals surface area contributed by atoms with E-state index in [4.69, 9.17) is 14.2 Å². The molecule has 0 saturated carbocycles. The number of carbonyl (C=O) groups is 3. The fourth-order valence-electron chi connectivity index (χ4n) is 9.88. The molecule has 74 heavy (non-hydrogen) atoms. The number of ether oxygens (including phenoxy) is 3. The largest absolute Gasteiger partial charge is 0.462 e. The van der Waals surface area contributed by atoms with E-state index in [9.17, 15) is 14.4 Å². The van der Waals surface area contributed by atoms with E-state index in [0.717, 1.165) is 77.0 Å². The van der Waals surface area contributed by atoms with E-state index in [1.54, 1.807) is 0 Å². The smallest absolute Gasteiger partial charge is 0.306 e. The van der Waals surface area contributed by atoms with E-state index in [1.165, 1.54) is 244 Å². The van der Waals surface area contributed by atoms with Gasteiger partial charge in [-0.2, -0.15) is 0 Å². The Morgan fingerprint density at radius 1 is 0.270 bits per heavy atom. The monoisotopic (exact) mass is 1040 g/mol. The van der Waals surface area contributed by atoms with Gasteiger partial charge in [0.15, 0.2) is 6.10 Å². The van der Waals surface area contributed by atoms with Crippen LogP contribution in [0.1, 0.15) is 361 Å². The zero-order chi connectivity index (χ0) is 53.6. The molecular formula is C68H126O6. The summed E-state index contributed by atoms with van der Waals surface area (Å²) in [5.74, 6) is -0.864. The molecule has 1 unspecified atom stereocenters. The summed E-state index contributed by atoms with van der Waals surface area (Å²) in [6.45, 7) is 6.68. The molecule has 0 bridgehead atoms. The van der Waals surface area contributed by atoms with Crippen molar-refractivity contribution in [3.05, 3.63) is 36.5 Å². The van der Waals surface area contributed by atoms with Crippen LogP contribution in [0.25, 0.3) is 0 Å². The summed E-state index contributed by atoms with van der Waals surface area (Å²) in [5, 5.41) is 0. The summed E-state index contributed by atoms with van der Waals surface area (Å²) in [4.78, 5) is 38.4. The Labute approximate surface area is 461 Å². The molecule has 0 rings (SSSR count). The summed E-state index contributed by atoms with van der Waals surface area (Å²) in [7, 11) is 0. The van der Waals surface area contributed by atoms with Gasteiger partial charge in [-0.3, -0.25) is 14.4 Å². The lowest BCUT2D eigenvalue weighted by Gasteiger charge is -2.18. The molecule has 0 aromatic heterocycles. The van der Waals surface area contributed by atoms with Crippen molar-refractivity contribution in [1.82, 2.24) is 0 Å². The van der Waals surface area contributed by atoms with Crippen LogP contribution in [-0.2, 0) is 28.6 Å². The van der Waals surface area contributed by atoms with Gasteiger partial charge in [0.2, 0.25) is 0 Å². The maximum atomic E-state index is 12.9. The van der Waals surface area contributed by atoms with Crippen molar-refractivity contribution in [3.8, 4) is 0 Å². The second kappa shape index (κ2) is 63.2. The average Bonchev–Trinajstić information content (AvgIpc) is 3.40. The molecule has 434 valence electrons. The summed E-state index contributed by atoms with van der Waals surface area (Å²) < 4.78 is 17.0. The Hall–Kier alpha value is -2.37. The van der Waals surface area contributed by atoms with Crippen molar-refractivity contribution in [2.45, 2.75) is 367 Å². The van der Waals surface area contributed by atoms with E-state index in [2.05, 4.69) is 57.2 Å². The molecule has 0 aliphatic rings. The van der Waals surface area contributed by atoms with Gasteiger partial charge in [-0.15, -0.1) is 0 Å². The Balaban J connectivity index is 4.33. The molecular weight excluding hydrogens is 913 g/mol. The Bertz CT molecular complexity index is 1240. The van der Waals surface area contributed by atoms with E-state index >= 15 is 0 Å². The predicted molar refractivity (Wildman–Crippen MR) is 321 cm³/mol. The number of hydrogen-bond acceptors (Lipinski definition) is 6. The minimum absolute atomic E-state index is 0.0735. The number of hydrogen-bond donors (Lipinski definition) is 0. The topological polar surface area (TPSA) is 78.9 Å². The fourth-order valence-corrected chi connectivity index (χ4v) is 9.88. The van der Waals surface area contributed by atoms with Crippen LogP contribution in [0.15, 0.2) is 36.5 Å². The molecule has 0 amide bonds. The van der Waals surface area contributed by atoms with Crippen LogP contribution >= 0.6 is 0 Å². The molecule has 6 nitrogen and oxygen atoms in total. The third-order valence-electron chi connectivity index (χ3n) is 14.9. The molecule has 0 aromatic carbocycles. The van der Waals surface area contributed by atoms with Gasteiger partial charge in [0.25, 0.3) is 0 Å². The average molecular weight is 1040 g/mol. The lowest BCUT2D eigenvalue weighted by Crippen LogP contribution is -2.30. The van der Waals surface area contributed by atoms with Crippen molar-refractivity contribution >= 4 is 17.9 Å². The van der Waals surface area contributed by atoms with Gasteiger partial charge in [0, 0.05) is 19.3 Å². The maximum absolute atomic E-state index is 12.9. The highest BCUT2D eigenvalue weighted by Gasteiger charge is 2.19. The Kier molecular flexibility index (Phi) is 61.1. The Morgan fingerprint density at radius 2 is 0.486 bits per heavy atom. The first kappa shape index (κ1) is 71.6. The maximum Gasteiger partial charge on any atom is 0.306 e. The standard InChI is InChI=1S/C68H126O6/c1-4-7-10-13-16-19-22-25-28-31-33-34-36-37-40-43-46-49-52-55-58-61-67(70)73-64-65(63-72-66(69)60-57-54-51-48-45-42-39-30-27-24-21-18-15-12-9-6-3)74-68(71)62-59-56-53-50-47-44-41-38-35-32-29-26-23-20-17-14-11-8-5-2/h21,24,30-31,33,39,65H,4-20,22-23,25-29,32,34-38,40-64H2,1-3H3/b24-21-,33-31-,39-30-. The van der Waals surface area contributed by atoms with Gasteiger partial charge in [-0.25, -0.2) is 0 Å². The number of carbonyl (C=O) groups excluding carboxylic acids is 3. The van der Waals surface area contributed by atoms with Gasteiger partial charge < -0.3 is 14.2 Å². The van der Waals surface area contributed by atoms with E-state index < -0.39 is 6.10 Å². The van der Waals surface area contributed by atoms with Crippen molar-refractivity contribution in [3.63, 3.8) is 0 Å². The zero-order valence-electron chi connectivity index (χ0n) is 49.9. The van der Waals surface area contributed by atoms with Crippen LogP contribution in [0.3, 0.4) is 0 Å². The molecule has 6 heteroatoms. The van der Waals surface area contributed by atoms with E-state index in [-0.39, 0.29) is 31.1 Å². The van der Waals surface area contributed by atoms with Crippen LogP contribution in [0.4, 0.5) is 0 Å². The van der Waals surface area contributed by atoms with E-state index in [0.29, 0.717) is 19.3 Å². The highest BCUT2D eigenvalue weighted by Crippen LogP contribution is 2.18. The van der Waals surface area contributed by atoms with Crippen LogP contribution < -0.4 is 0 Å². The second-order valence-electron chi connectivity index (χ2n) is 22.4. The highest BCUT2D eigenvalue weighted by molar-refractivity contribution is 5.71. The first-order chi connectivity index (χ1) is 36.5. The normalized spacial score (nSPS) is 12.2. The van der Waals surface area contributed by atoms with Crippen molar-refractivity contribution < 1.29 is 28.6 Å². The Morgan fingerprint density at radius 3 is 0.770 bits per heavy atom. The fraction of sp³-hybridized carbons (Fsp3) is 0.868. The molecule has 0 spiro atoms. The van der Waals surface area contributed by atoms with Crippen molar-refractivity contribution in [1.29, 1.82) is 0 Å². The molecule has 0 N–H and O–H groups in total. The van der Waals surface area contributed by atoms with Crippen LogP contribution in [0, 0.1) is 0 Å². The van der Waals surface area contributed by atoms with Gasteiger partial charge in [-0.1, -0.05) is 301 Å². The van der Waals surface area contributed by atoms with Crippen LogP contribution in [0.2, 0.25) is 0 Å². The molecule has 1 atom stereocenters. The third-order valence-corrected chi connectivity index (χ3v) is 14.9. The van der Waals surface area contributed by atoms with Crippen LogP contribution in [0.5, 0.6) is 0 Å². The minimum atomic E-state index is -0.777. The lowest BCUT2D eigenvalue weighted by molar-refractivity contribution is -0.167. The number of allylic oxidation sites excluding steroid dienone is 6. The molecule has 0 aliphatic carbocycles. The van der Waals surface area contributed by atoms with Gasteiger partial charge in [0.1, 0.15) is 13.2 Å². The first-order valence-electron chi connectivity index (χ1n) is 33.0. The highest BCUT2D eigenvalue weighted by atomic mass is 16.6. The first-order valence-corrected chi connectivity index (χ1v) is 33.0. The van der Waals surface area contributed by atoms with Gasteiger partial charge in [0.05, 0.1) is 0 Å². The second-order valence-corrected chi connectivity index (χ2v) is 22.4. The number of esters is 3. The molecule has 0 saturated heterocycles. The number of unbranched alkanes of at least 4 members (excludes halogenated alkanes) is 44. The lowest BCUT2D eigenvalue weighted by atomic mass is 10.0. The third kappa shape index (κ3) is 60.5. The SMILES string of the molecule is CCCCCC/C=C\C/C=C\CCCCCCCC(=O)OCC(COC(=O)CCCCCCCCCCC/C=C\CCCCCCCCCC)OC(=O)CCCCCCCCCCCCCCCCCCCCC. The quantitative estimate of drug-likeness (QED) is 0.0261. The molecule has 0 fully saturated rings. The van der Waals surface area contributed by atoms with E-state index in [1.807, 2.05) is 0 Å². The molecule has 0 heterocycles. The van der Waals surface area contributed by atoms with Gasteiger partial charge in [-0.05, 0) is 77.0 Å². The minimum Gasteiger partial charge on any atom is -0.462 e. The molecule has 0 radical (unpaired) electrons. The number of rotatable bonds is 61. The molecule has 0 aromatic rings. The summed E-state index contributed by atoms with van der Waals surface area (Å²) in [5.41, 5.74) is 0. The summed E-state index contributed by atoms with van der Waals surface area (Å²) in [6.07, 6.45) is 77.2. The van der Waals surface area contributed by atoms with Gasteiger partial charge >= 0.3 is 17.9 Å². The van der Waals surface area contributed by atoms with Crippen molar-refractivity contribution in [2.75, 3.05) is 13.2 Å². The summed E-state index contributed by atoms with van der Waals surface area (Å²) >= 11 is 0. The molecule has 0 aliphatic heterocycles.